The summed E-state index contributed by atoms with van der Waals surface area (Å²) < 4.78 is 42.8. The number of para-hydroxylation sites is 1. The van der Waals surface area contributed by atoms with Gasteiger partial charge in [0.2, 0.25) is 0 Å². The second-order valence-corrected chi connectivity index (χ2v) is 6.23. The molecule has 0 aliphatic heterocycles. The van der Waals surface area contributed by atoms with E-state index in [0.717, 1.165) is 40.7 Å². The summed E-state index contributed by atoms with van der Waals surface area (Å²) in [6.07, 6.45) is -3.85. The van der Waals surface area contributed by atoms with E-state index < -0.39 is 29.7 Å². The van der Waals surface area contributed by atoms with Gasteiger partial charge in [-0.2, -0.15) is 13.2 Å². The number of aromatic nitrogens is 1. The summed E-state index contributed by atoms with van der Waals surface area (Å²) in [5, 5.41) is 3.31. The van der Waals surface area contributed by atoms with Gasteiger partial charge >= 0.3 is 12.1 Å². The maximum Gasteiger partial charge on any atom is 0.416 e. The van der Waals surface area contributed by atoms with Crippen molar-refractivity contribution in [1.82, 2.24) is 4.98 Å². The highest BCUT2D eigenvalue weighted by molar-refractivity contribution is 5.95. The molecule has 1 heterocycles. The standard InChI is InChI=1S/C20H17F3N2O3/c1-12(19(27)25-15-8-6-14(7-9-15)20(21,22)23)28-18(26)10-13-11-24-17-5-3-2-4-16(13)17/h2-9,11-12,24H,10H2,1H3,(H,25,27)/t12-/m0/s1. The minimum Gasteiger partial charge on any atom is -0.452 e. The molecule has 0 aliphatic carbocycles. The van der Waals surface area contributed by atoms with Crippen molar-refractivity contribution in [3.8, 4) is 0 Å². The van der Waals surface area contributed by atoms with Crippen molar-refractivity contribution in [2.24, 2.45) is 0 Å². The molecular weight excluding hydrogens is 373 g/mol. The van der Waals surface area contributed by atoms with E-state index in [1.54, 1.807) is 6.20 Å². The van der Waals surface area contributed by atoms with E-state index in [1.807, 2.05) is 24.3 Å². The summed E-state index contributed by atoms with van der Waals surface area (Å²) in [5.41, 5.74) is 0.996. The third kappa shape index (κ3) is 4.51. The molecule has 0 bridgehead atoms. The number of fused-ring (bicyclic) bond motifs is 1. The third-order valence-corrected chi connectivity index (χ3v) is 4.17. The SMILES string of the molecule is C[C@H](OC(=O)Cc1c[nH]c2ccccc12)C(=O)Nc1ccc(C(F)(F)F)cc1. The van der Waals surface area contributed by atoms with E-state index >= 15 is 0 Å². The maximum atomic E-state index is 12.6. The first-order chi connectivity index (χ1) is 13.2. The first-order valence-electron chi connectivity index (χ1n) is 8.46. The van der Waals surface area contributed by atoms with Crippen molar-refractivity contribution in [1.29, 1.82) is 0 Å². The molecule has 5 nitrogen and oxygen atoms in total. The molecule has 0 saturated carbocycles. The van der Waals surface area contributed by atoms with Gasteiger partial charge in [-0.05, 0) is 42.8 Å². The smallest absolute Gasteiger partial charge is 0.416 e. The number of alkyl halides is 3. The van der Waals surface area contributed by atoms with Crippen molar-refractivity contribution in [2.45, 2.75) is 25.6 Å². The fourth-order valence-corrected chi connectivity index (χ4v) is 2.71. The highest BCUT2D eigenvalue weighted by Gasteiger charge is 2.30. The summed E-state index contributed by atoms with van der Waals surface area (Å²) in [7, 11) is 0. The number of carbonyl (C=O) groups is 2. The predicted molar refractivity (Wildman–Crippen MR) is 97.6 cm³/mol. The molecule has 2 N–H and O–H groups in total. The lowest BCUT2D eigenvalue weighted by Gasteiger charge is -2.14. The van der Waals surface area contributed by atoms with Crippen LogP contribution in [0.3, 0.4) is 0 Å². The second kappa shape index (κ2) is 7.75. The largest absolute Gasteiger partial charge is 0.452 e. The molecule has 0 spiro atoms. The van der Waals surface area contributed by atoms with Crippen LogP contribution < -0.4 is 5.32 Å². The van der Waals surface area contributed by atoms with Crippen LogP contribution in [-0.2, 0) is 26.9 Å². The summed E-state index contributed by atoms with van der Waals surface area (Å²) in [6.45, 7) is 1.40. The number of ether oxygens (including phenoxy) is 1. The Morgan fingerprint density at radius 1 is 1.11 bits per heavy atom. The molecule has 1 aromatic heterocycles. The zero-order valence-electron chi connectivity index (χ0n) is 14.8. The number of amides is 1. The van der Waals surface area contributed by atoms with Gasteiger partial charge in [-0.15, -0.1) is 0 Å². The van der Waals surface area contributed by atoms with Crippen LogP contribution in [0.25, 0.3) is 10.9 Å². The Morgan fingerprint density at radius 3 is 2.46 bits per heavy atom. The van der Waals surface area contributed by atoms with E-state index in [9.17, 15) is 22.8 Å². The van der Waals surface area contributed by atoms with Gasteiger partial charge in [0.15, 0.2) is 6.10 Å². The molecule has 0 radical (unpaired) electrons. The van der Waals surface area contributed by atoms with Gasteiger partial charge in [0.25, 0.3) is 5.91 Å². The van der Waals surface area contributed by atoms with Crippen LogP contribution in [-0.4, -0.2) is 23.0 Å². The lowest BCUT2D eigenvalue weighted by atomic mass is 10.1. The summed E-state index contributed by atoms with van der Waals surface area (Å²) >= 11 is 0. The Hall–Kier alpha value is -3.29. The number of esters is 1. The Morgan fingerprint density at radius 2 is 1.79 bits per heavy atom. The van der Waals surface area contributed by atoms with Crippen LogP contribution in [0.2, 0.25) is 0 Å². The number of aromatic amines is 1. The van der Waals surface area contributed by atoms with Gasteiger partial charge in [-0.1, -0.05) is 18.2 Å². The number of hydrogen-bond acceptors (Lipinski definition) is 3. The van der Waals surface area contributed by atoms with Gasteiger partial charge in [0, 0.05) is 22.8 Å². The molecule has 0 saturated heterocycles. The molecule has 0 fully saturated rings. The molecule has 2 aromatic carbocycles. The van der Waals surface area contributed by atoms with Gasteiger partial charge in [-0.25, -0.2) is 0 Å². The number of benzene rings is 2. The Bertz CT molecular complexity index is 994. The average Bonchev–Trinajstić information content (AvgIpc) is 3.04. The van der Waals surface area contributed by atoms with Crippen molar-refractivity contribution >= 4 is 28.5 Å². The van der Waals surface area contributed by atoms with Crippen LogP contribution in [0.15, 0.2) is 54.7 Å². The molecule has 3 rings (SSSR count). The van der Waals surface area contributed by atoms with E-state index in [0.29, 0.717) is 0 Å². The van der Waals surface area contributed by atoms with Crippen LogP contribution in [0, 0.1) is 0 Å². The first kappa shape index (κ1) is 19.5. The number of halogens is 3. The van der Waals surface area contributed by atoms with E-state index in [2.05, 4.69) is 10.3 Å². The third-order valence-electron chi connectivity index (χ3n) is 4.17. The molecule has 28 heavy (non-hydrogen) atoms. The molecule has 0 aliphatic rings. The Kier molecular flexibility index (Phi) is 5.39. The molecule has 0 unspecified atom stereocenters. The number of H-pyrrole nitrogens is 1. The number of hydrogen-bond donors (Lipinski definition) is 2. The summed E-state index contributed by atoms with van der Waals surface area (Å²) in [5.74, 6) is -1.22. The van der Waals surface area contributed by atoms with Crippen LogP contribution >= 0.6 is 0 Å². The van der Waals surface area contributed by atoms with Crippen molar-refractivity contribution in [3.63, 3.8) is 0 Å². The van der Waals surface area contributed by atoms with Gasteiger partial charge in [-0.3, -0.25) is 9.59 Å². The highest BCUT2D eigenvalue weighted by Crippen LogP contribution is 2.29. The second-order valence-electron chi connectivity index (χ2n) is 6.23. The van der Waals surface area contributed by atoms with E-state index in [1.165, 1.54) is 6.92 Å². The zero-order valence-corrected chi connectivity index (χ0v) is 14.8. The number of nitrogens with one attached hydrogen (secondary N) is 2. The molecule has 146 valence electrons. The van der Waals surface area contributed by atoms with Crippen LogP contribution in [0.1, 0.15) is 18.1 Å². The normalized spacial score (nSPS) is 12.6. The van der Waals surface area contributed by atoms with E-state index in [4.69, 9.17) is 4.74 Å². The number of anilines is 1. The van der Waals surface area contributed by atoms with Crippen LogP contribution in [0.5, 0.6) is 0 Å². The summed E-state index contributed by atoms with van der Waals surface area (Å²) in [6, 6.07) is 11.5. The molecule has 1 atom stereocenters. The van der Waals surface area contributed by atoms with E-state index in [-0.39, 0.29) is 12.1 Å². The molecule has 3 aromatic rings. The number of carbonyl (C=O) groups excluding carboxylic acids is 2. The summed E-state index contributed by atoms with van der Waals surface area (Å²) in [4.78, 5) is 27.3. The molecular formula is C20H17F3N2O3. The molecule has 8 heteroatoms. The fourth-order valence-electron chi connectivity index (χ4n) is 2.71. The minimum absolute atomic E-state index is 0.0120. The first-order valence-corrected chi connectivity index (χ1v) is 8.46. The Balaban J connectivity index is 1.57. The zero-order chi connectivity index (χ0) is 20.3. The van der Waals surface area contributed by atoms with Crippen molar-refractivity contribution < 1.29 is 27.5 Å². The Labute approximate surface area is 158 Å². The molecule has 1 amide bonds. The van der Waals surface area contributed by atoms with Crippen molar-refractivity contribution in [2.75, 3.05) is 5.32 Å². The minimum atomic E-state index is -4.45. The fraction of sp³-hybridized carbons (Fsp3) is 0.200. The predicted octanol–water partition coefficient (Wildman–Crippen LogP) is 4.30. The lowest BCUT2D eigenvalue weighted by Crippen LogP contribution is -2.30. The van der Waals surface area contributed by atoms with Crippen molar-refractivity contribution in [3.05, 3.63) is 65.9 Å². The monoisotopic (exact) mass is 390 g/mol. The number of rotatable bonds is 5. The highest BCUT2D eigenvalue weighted by atomic mass is 19.4. The topological polar surface area (TPSA) is 71.2 Å². The van der Waals surface area contributed by atoms with Crippen LogP contribution in [0.4, 0.5) is 18.9 Å². The van der Waals surface area contributed by atoms with Gasteiger partial charge in [0.1, 0.15) is 0 Å². The van der Waals surface area contributed by atoms with Gasteiger partial charge < -0.3 is 15.0 Å². The van der Waals surface area contributed by atoms with Gasteiger partial charge in [0.05, 0.1) is 12.0 Å². The lowest BCUT2D eigenvalue weighted by molar-refractivity contribution is -0.152. The average molecular weight is 390 g/mol. The maximum absolute atomic E-state index is 12.6. The quantitative estimate of drug-likeness (QED) is 0.638.